The van der Waals surface area contributed by atoms with E-state index in [-0.39, 0.29) is 31.3 Å². The number of nitrogens with zero attached hydrogens (tertiary/aromatic N) is 1. The van der Waals surface area contributed by atoms with Crippen LogP contribution in [-0.2, 0) is 4.79 Å². The molecule has 4 aliphatic rings. The van der Waals surface area contributed by atoms with Gasteiger partial charge in [0, 0.05) is 37.0 Å². The van der Waals surface area contributed by atoms with E-state index in [1.807, 2.05) is 0 Å². The molecule has 23 heavy (non-hydrogen) atoms. The quantitative estimate of drug-likeness (QED) is 0.821. The molecular weight excluding hydrogens is 307 g/mol. The molecule has 0 bridgehead atoms. The number of alkyl halides is 3. The molecule has 7 heteroatoms. The van der Waals surface area contributed by atoms with Gasteiger partial charge in [0.1, 0.15) is 0 Å². The summed E-state index contributed by atoms with van der Waals surface area (Å²) in [4.78, 5) is 14.8. The summed E-state index contributed by atoms with van der Waals surface area (Å²) in [6.07, 6.45) is 0.168. The Balaban J connectivity index is 1.29. The summed E-state index contributed by atoms with van der Waals surface area (Å²) in [7, 11) is 0. The average molecular weight is 331 g/mol. The third-order valence-corrected chi connectivity index (χ3v) is 6.53. The van der Waals surface area contributed by atoms with Crippen molar-refractivity contribution in [1.29, 1.82) is 0 Å². The SMILES string of the molecule is O=C(NC[C@]12CNC[C@@]1(C(F)(F)F)C2)C1CCN(C2CC2)CC1. The monoisotopic (exact) mass is 331 g/mol. The topological polar surface area (TPSA) is 44.4 Å². The molecule has 0 aromatic heterocycles. The first-order valence-electron chi connectivity index (χ1n) is 8.66. The van der Waals surface area contributed by atoms with E-state index in [4.69, 9.17) is 0 Å². The molecule has 1 amide bonds. The molecule has 2 heterocycles. The first-order valence-corrected chi connectivity index (χ1v) is 8.66. The normalized spacial score (nSPS) is 38.4. The molecule has 2 atom stereocenters. The summed E-state index contributed by atoms with van der Waals surface area (Å²) in [6.45, 7) is 2.39. The fourth-order valence-corrected chi connectivity index (χ4v) is 4.69. The third kappa shape index (κ3) is 2.47. The third-order valence-electron chi connectivity index (χ3n) is 6.53. The van der Waals surface area contributed by atoms with Crippen molar-refractivity contribution < 1.29 is 18.0 Å². The highest BCUT2D eigenvalue weighted by atomic mass is 19.4. The summed E-state index contributed by atoms with van der Waals surface area (Å²) in [5, 5.41) is 5.70. The molecule has 2 saturated carbocycles. The van der Waals surface area contributed by atoms with E-state index in [1.54, 1.807) is 0 Å². The van der Waals surface area contributed by atoms with E-state index < -0.39 is 17.0 Å². The van der Waals surface area contributed by atoms with Crippen molar-refractivity contribution in [2.45, 2.75) is 44.3 Å². The standard InChI is InChI=1S/C16H24F3N3O/c17-16(18,19)15-7-14(15,8-20-10-15)9-21-13(23)11-3-5-22(6-4-11)12-1-2-12/h11-12,20H,1-10H2,(H,21,23)/t14-,15-/m0/s1. The number of halogens is 3. The van der Waals surface area contributed by atoms with Gasteiger partial charge in [-0.25, -0.2) is 0 Å². The summed E-state index contributed by atoms with van der Waals surface area (Å²) in [5.74, 6) is -0.0838. The van der Waals surface area contributed by atoms with Crippen molar-refractivity contribution in [3.05, 3.63) is 0 Å². The van der Waals surface area contributed by atoms with Crippen LogP contribution in [0.1, 0.15) is 32.1 Å². The van der Waals surface area contributed by atoms with Gasteiger partial charge in [-0.3, -0.25) is 4.79 Å². The van der Waals surface area contributed by atoms with Gasteiger partial charge < -0.3 is 15.5 Å². The molecule has 0 unspecified atom stereocenters. The van der Waals surface area contributed by atoms with Crippen molar-refractivity contribution in [3.63, 3.8) is 0 Å². The van der Waals surface area contributed by atoms with Crippen molar-refractivity contribution >= 4 is 5.91 Å². The highest BCUT2D eigenvalue weighted by Gasteiger charge is 2.81. The molecule has 0 aromatic rings. The minimum Gasteiger partial charge on any atom is -0.355 e. The number of carbonyl (C=O) groups is 1. The maximum Gasteiger partial charge on any atom is 0.396 e. The number of likely N-dealkylation sites (tertiary alicyclic amines) is 1. The summed E-state index contributed by atoms with van der Waals surface area (Å²) in [6, 6.07) is 0.723. The number of hydrogen-bond donors (Lipinski definition) is 2. The second-order valence-electron chi connectivity index (χ2n) is 7.90. The number of piperidine rings is 2. The Hall–Kier alpha value is -0.820. The molecule has 4 rings (SSSR count). The molecular formula is C16H24F3N3O. The van der Waals surface area contributed by atoms with E-state index >= 15 is 0 Å². The number of nitrogens with one attached hydrogen (secondary N) is 2. The van der Waals surface area contributed by atoms with Crippen LogP contribution >= 0.6 is 0 Å². The molecule has 2 aliphatic heterocycles. The smallest absolute Gasteiger partial charge is 0.355 e. The van der Waals surface area contributed by atoms with Crippen LogP contribution in [0.4, 0.5) is 13.2 Å². The predicted molar refractivity (Wildman–Crippen MR) is 78.7 cm³/mol. The Bertz CT molecular complexity index is 499. The zero-order valence-corrected chi connectivity index (χ0v) is 13.2. The number of hydrogen-bond acceptors (Lipinski definition) is 3. The number of rotatable bonds is 4. The summed E-state index contributed by atoms with van der Waals surface area (Å²) >= 11 is 0. The fourth-order valence-electron chi connectivity index (χ4n) is 4.69. The number of amides is 1. The first-order chi connectivity index (χ1) is 10.9. The zero-order chi connectivity index (χ0) is 16.3. The largest absolute Gasteiger partial charge is 0.396 e. The fraction of sp³-hybridized carbons (Fsp3) is 0.938. The van der Waals surface area contributed by atoms with Gasteiger partial charge >= 0.3 is 6.18 Å². The lowest BCUT2D eigenvalue weighted by molar-refractivity contribution is -0.190. The Morgan fingerprint density at radius 2 is 1.87 bits per heavy atom. The van der Waals surface area contributed by atoms with Crippen molar-refractivity contribution in [2.24, 2.45) is 16.7 Å². The van der Waals surface area contributed by atoms with Gasteiger partial charge in [-0.05, 0) is 45.2 Å². The molecule has 2 N–H and O–H groups in total. The number of carbonyl (C=O) groups excluding carboxylic acids is 1. The van der Waals surface area contributed by atoms with E-state index in [0.717, 1.165) is 32.0 Å². The maximum atomic E-state index is 13.3. The van der Waals surface area contributed by atoms with Crippen LogP contribution in [-0.4, -0.2) is 55.7 Å². The Morgan fingerprint density at radius 3 is 2.43 bits per heavy atom. The van der Waals surface area contributed by atoms with Crippen molar-refractivity contribution in [3.8, 4) is 0 Å². The van der Waals surface area contributed by atoms with Gasteiger partial charge in [0.2, 0.25) is 5.91 Å². The molecule has 130 valence electrons. The lowest BCUT2D eigenvalue weighted by Gasteiger charge is -2.31. The zero-order valence-electron chi connectivity index (χ0n) is 13.2. The average Bonchev–Trinajstić information content (AvgIpc) is 3.43. The van der Waals surface area contributed by atoms with Crippen molar-refractivity contribution in [1.82, 2.24) is 15.5 Å². The van der Waals surface area contributed by atoms with Crippen LogP contribution < -0.4 is 10.6 Å². The van der Waals surface area contributed by atoms with Gasteiger partial charge in [0.15, 0.2) is 0 Å². The van der Waals surface area contributed by atoms with Crippen LogP contribution in [0.5, 0.6) is 0 Å². The van der Waals surface area contributed by atoms with E-state index in [2.05, 4.69) is 15.5 Å². The van der Waals surface area contributed by atoms with Crippen LogP contribution in [0, 0.1) is 16.7 Å². The molecule has 2 aliphatic carbocycles. The lowest BCUT2D eigenvalue weighted by atomic mass is 9.93. The summed E-state index contributed by atoms with van der Waals surface area (Å²) in [5.41, 5.74) is -2.42. The second kappa shape index (κ2) is 5.09. The lowest BCUT2D eigenvalue weighted by Crippen LogP contribution is -2.44. The Labute approximate surface area is 134 Å². The van der Waals surface area contributed by atoms with E-state index in [0.29, 0.717) is 6.54 Å². The van der Waals surface area contributed by atoms with Crippen LogP contribution in [0.3, 0.4) is 0 Å². The van der Waals surface area contributed by atoms with Crippen LogP contribution in [0.25, 0.3) is 0 Å². The second-order valence-corrected chi connectivity index (χ2v) is 7.90. The van der Waals surface area contributed by atoms with Gasteiger partial charge in [0.25, 0.3) is 0 Å². The highest BCUT2D eigenvalue weighted by molar-refractivity contribution is 5.78. The minimum atomic E-state index is -4.18. The minimum absolute atomic E-state index is 0.00779. The number of fused-ring (bicyclic) bond motifs is 1. The van der Waals surface area contributed by atoms with Gasteiger partial charge in [-0.1, -0.05) is 0 Å². The van der Waals surface area contributed by atoms with Gasteiger partial charge in [0.05, 0.1) is 5.41 Å². The molecule has 0 aromatic carbocycles. The predicted octanol–water partition coefficient (Wildman–Crippen LogP) is 1.52. The highest BCUT2D eigenvalue weighted by Crippen LogP contribution is 2.72. The van der Waals surface area contributed by atoms with Crippen LogP contribution in [0.2, 0.25) is 0 Å². The molecule has 0 spiro atoms. The van der Waals surface area contributed by atoms with E-state index in [9.17, 15) is 18.0 Å². The van der Waals surface area contributed by atoms with Gasteiger partial charge in [-0.15, -0.1) is 0 Å². The molecule has 4 fully saturated rings. The van der Waals surface area contributed by atoms with E-state index in [1.165, 1.54) is 12.8 Å². The Morgan fingerprint density at radius 1 is 1.17 bits per heavy atom. The van der Waals surface area contributed by atoms with Gasteiger partial charge in [-0.2, -0.15) is 13.2 Å². The van der Waals surface area contributed by atoms with Crippen molar-refractivity contribution in [2.75, 3.05) is 32.7 Å². The molecule has 4 nitrogen and oxygen atoms in total. The van der Waals surface area contributed by atoms with Crippen LogP contribution in [0.15, 0.2) is 0 Å². The molecule has 2 saturated heterocycles. The molecule has 0 radical (unpaired) electrons. The maximum absolute atomic E-state index is 13.3. The first kappa shape index (κ1) is 15.7. The summed E-state index contributed by atoms with van der Waals surface area (Å²) < 4.78 is 39.8. The Kier molecular flexibility index (Phi) is 3.47.